The molecule has 1 amide bonds. The fourth-order valence-electron chi connectivity index (χ4n) is 7.72. The molecule has 2 saturated carbocycles. The van der Waals surface area contributed by atoms with Crippen molar-refractivity contribution in [2.75, 3.05) is 27.3 Å². The summed E-state index contributed by atoms with van der Waals surface area (Å²) < 4.78 is 17.9. The molecule has 6 rings (SSSR count). The van der Waals surface area contributed by atoms with Crippen LogP contribution in [0.15, 0.2) is 48.6 Å². The van der Waals surface area contributed by atoms with E-state index in [4.69, 9.17) is 24.2 Å². The predicted octanol–water partition coefficient (Wildman–Crippen LogP) is 7.24. The molecule has 0 bridgehead atoms. The maximum absolute atomic E-state index is 14.2. The molecular formula is C40H49N3O6. The highest BCUT2D eigenvalue weighted by molar-refractivity contribution is 5.95. The first kappa shape index (κ1) is 34.6. The number of nitrogens with zero attached hydrogens (tertiary/aromatic N) is 3. The van der Waals surface area contributed by atoms with Gasteiger partial charge in [0.1, 0.15) is 23.4 Å². The summed E-state index contributed by atoms with van der Waals surface area (Å²) in [5.74, 6) is 0.0816. The van der Waals surface area contributed by atoms with Crippen LogP contribution in [0, 0.1) is 30.1 Å². The number of pyridine rings is 2. The number of carbonyl (C=O) groups excluding carboxylic acids is 3. The van der Waals surface area contributed by atoms with Crippen molar-refractivity contribution in [1.29, 1.82) is 0 Å². The van der Waals surface area contributed by atoms with Gasteiger partial charge in [-0.2, -0.15) is 0 Å². The van der Waals surface area contributed by atoms with Crippen molar-refractivity contribution >= 4 is 28.6 Å². The van der Waals surface area contributed by atoms with Crippen LogP contribution >= 0.6 is 0 Å². The number of esters is 1. The zero-order chi connectivity index (χ0) is 34.9. The Labute approximate surface area is 289 Å². The fraction of sp³-hybridized carbons (Fsp3) is 0.525. The summed E-state index contributed by atoms with van der Waals surface area (Å²) in [6, 6.07) is 11.7. The lowest BCUT2D eigenvalue weighted by atomic mass is 9.84. The second kappa shape index (κ2) is 14.3. The maximum atomic E-state index is 14.2. The third kappa shape index (κ3) is 6.94. The molecule has 1 aliphatic heterocycles. The Balaban J connectivity index is 1.36. The molecular weight excluding hydrogens is 618 g/mol. The molecule has 2 fully saturated rings. The lowest BCUT2D eigenvalue weighted by molar-refractivity contribution is -0.152. The molecule has 3 heterocycles. The highest BCUT2D eigenvalue weighted by Gasteiger charge is 2.61. The number of methoxy groups -OCH3 is 1. The van der Waals surface area contributed by atoms with Crippen LogP contribution in [-0.4, -0.2) is 65.9 Å². The Hall–Kier alpha value is -4.27. The van der Waals surface area contributed by atoms with E-state index in [1.807, 2.05) is 50.4 Å². The van der Waals surface area contributed by atoms with E-state index in [1.54, 1.807) is 18.9 Å². The highest BCUT2D eigenvalue weighted by Crippen LogP contribution is 2.58. The van der Waals surface area contributed by atoms with Crippen LogP contribution in [0.5, 0.6) is 11.5 Å². The quantitative estimate of drug-likeness (QED) is 0.192. The van der Waals surface area contributed by atoms with Crippen LogP contribution in [0.25, 0.3) is 22.3 Å². The van der Waals surface area contributed by atoms with E-state index >= 15 is 0 Å². The Morgan fingerprint density at radius 2 is 1.84 bits per heavy atom. The zero-order valence-electron chi connectivity index (χ0n) is 29.7. The first-order chi connectivity index (χ1) is 23.6. The summed E-state index contributed by atoms with van der Waals surface area (Å²) in [6.45, 7) is 8.89. The van der Waals surface area contributed by atoms with E-state index in [1.165, 1.54) is 0 Å². The Kier molecular flexibility index (Phi) is 10.1. The van der Waals surface area contributed by atoms with Gasteiger partial charge in [-0.25, -0.2) is 4.98 Å². The molecule has 260 valence electrons. The molecule has 5 atom stereocenters. The van der Waals surface area contributed by atoms with Gasteiger partial charge in [0.25, 0.3) is 0 Å². The number of aromatic nitrogens is 2. The van der Waals surface area contributed by atoms with E-state index in [0.29, 0.717) is 37.3 Å². The number of hydrogen-bond acceptors (Lipinski definition) is 8. The van der Waals surface area contributed by atoms with Gasteiger partial charge in [0, 0.05) is 48.6 Å². The van der Waals surface area contributed by atoms with Gasteiger partial charge in [0.05, 0.1) is 42.0 Å². The van der Waals surface area contributed by atoms with Crippen LogP contribution in [0.4, 0.5) is 0 Å². The van der Waals surface area contributed by atoms with E-state index in [0.717, 1.165) is 52.9 Å². The monoisotopic (exact) mass is 667 g/mol. The fourth-order valence-corrected chi connectivity index (χ4v) is 7.72. The van der Waals surface area contributed by atoms with Crippen LogP contribution in [0.2, 0.25) is 0 Å². The second-order valence-corrected chi connectivity index (χ2v) is 14.3. The third-order valence-corrected chi connectivity index (χ3v) is 10.7. The van der Waals surface area contributed by atoms with Crippen molar-refractivity contribution < 1.29 is 28.6 Å². The summed E-state index contributed by atoms with van der Waals surface area (Å²) >= 11 is 0. The summed E-state index contributed by atoms with van der Waals surface area (Å²) in [6.07, 6.45) is 7.97. The van der Waals surface area contributed by atoms with Crippen molar-refractivity contribution in [1.82, 2.24) is 14.9 Å². The predicted molar refractivity (Wildman–Crippen MR) is 188 cm³/mol. The molecule has 3 aliphatic rings. The van der Waals surface area contributed by atoms with Crippen LogP contribution in [0.1, 0.15) is 82.9 Å². The van der Waals surface area contributed by atoms with Gasteiger partial charge in [-0.15, -0.1) is 0 Å². The van der Waals surface area contributed by atoms with Crippen LogP contribution < -0.4 is 9.47 Å². The first-order valence-corrected chi connectivity index (χ1v) is 17.8. The highest BCUT2D eigenvalue weighted by atomic mass is 16.5. The van der Waals surface area contributed by atoms with Crippen molar-refractivity contribution in [2.45, 2.75) is 84.7 Å². The molecule has 0 saturated heterocycles. The number of aryl methyl sites for hydroxylation is 1. The SMILES string of the molecule is CCOC(=O)[C@]12CC(=O)[C@@H]3C[C@@H](Oc4cc(-c5cccc(C(C)C)n5)nc5c(C)c(OC)ccc45)C[C@H]3C(=O)N(C)CCCC/C=C\[C@@H]1C2. The van der Waals surface area contributed by atoms with Crippen LogP contribution in [-0.2, 0) is 19.1 Å². The molecule has 3 aromatic rings. The molecule has 2 aromatic heterocycles. The summed E-state index contributed by atoms with van der Waals surface area (Å²) in [7, 11) is 3.47. The average molecular weight is 668 g/mol. The molecule has 1 aromatic carbocycles. The van der Waals surface area contributed by atoms with Crippen LogP contribution in [0.3, 0.4) is 0 Å². The Morgan fingerprint density at radius 1 is 1.04 bits per heavy atom. The molecule has 9 nitrogen and oxygen atoms in total. The molecule has 49 heavy (non-hydrogen) atoms. The number of allylic oxidation sites excluding steroid dienone is 2. The van der Waals surface area contributed by atoms with Crippen molar-refractivity contribution in [3.63, 3.8) is 0 Å². The number of benzene rings is 1. The normalized spacial score (nSPS) is 26.6. The smallest absolute Gasteiger partial charge is 0.313 e. The number of fused-ring (bicyclic) bond motifs is 3. The van der Waals surface area contributed by atoms with E-state index in [2.05, 4.69) is 26.0 Å². The minimum absolute atomic E-state index is 0.0200. The van der Waals surface area contributed by atoms with Gasteiger partial charge in [-0.05, 0) is 88.5 Å². The number of hydrogen-bond donors (Lipinski definition) is 0. The van der Waals surface area contributed by atoms with Gasteiger partial charge in [0.2, 0.25) is 5.91 Å². The molecule has 0 spiro atoms. The van der Waals surface area contributed by atoms with Gasteiger partial charge < -0.3 is 19.1 Å². The molecule has 9 heteroatoms. The largest absolute Gasteiger partial charge is 0.496 e. The van der Waals surface area contributed by atoms with Gasteiger partial charge >= 0.3 is 5.97 Å². The number of Topliss-reactive ketones (excluding diaryl/α,β-unsaturated/α-hetero) is 1. The number of ketones is 1. The minimum Gasteiger partial charge on any atom is -0.496 e. The van der Waals surface area contributed by atoms with Crippen molar-refractivity contribution in [2.24, 2.45) is 23.2 Å². The first-order valence-electron chi connectivity index (χ1n) is 17.8. The van der Waals surface area contributed by atoms with Gasteiger partial charge in [-0.3, -0.25) is 19.4 Å². The van der Waals surface area contributed by atoms with Crippen molar-refractivity contribution in [3.05, 3.63) is 59.8 Å². The zero-order valence-corrected chi connectivity index (χ0v) is 29.7. The average Bonchev–Trinajstić information content (AvgIpc) is 3.62. The van der Waals surface area contributed by atoms with E-state index in [-0.39, 0.29) is 42.5 Å². The molecule has 0 radical (unpaired) electrons. The second-order valence-electron chi connectivity index (χ2n) is 14.3. The molecule has 0 N–H and O–H groups in total. The lowest BCUT2D eigenvalue weighted by Gasteiger charge is -2.25. The lowest BCUT2D eigenvalue weighted by Crippen LogP contribution is -2.38. The number of carbonyl (C=O) groups is 3. The van der Waals surface area contributed by atoms with Crippen molar-refractivity contribution in [3.8, 4) is 22.9 Å². The topological polar surface area (TPSA) is 108 Å². The molecule has 0 unspecified atom stereocenters. The maximum Gasteiger partial charge on any atom is 0.313 e. The Morgan fingerprint density at radius 3 is 2.59 bits per heavy atom. The minimum atomic E-state index is -0.851. The Bertz CT molecular complexity index is 1770. The number of rotatable bonds is 7. The third-order valence-electron chi connectivity index (χ3n) is 10.7. The summed E-state index contributed by atoms with van der Waals surface area (Å²) in [5, 5.41) is 0.823. The number of ether oxygens (including phenoxy) is 3. The van der Waals surface area contributed by atoms with E-state index < -0.39 is 23.4 Å². The number of amides is 1. The summed E-state index contributed by atoms with van der Waals surface area (Å²) in [4.78, 5) is 53.2. The van der Waals surface area contributed by atoms with Gasteiger partial charge in [-0.1, -0.05) is 32.1 Å². The van der Waals surface area contributed by atoms with E-state index in [9.17, 15) is 14.4 Å². The van der Waals surface area contributed by atoms with Gasteiger partial charge in [0.15, 0.2) is 0 Å². The summed E-state index contributed by atoms with van der Waals surface area (Å²) in [5.41, 5.74) is 3.16. The standard InChI is InChI=1S/C40H49N3O6/c1-7-48-39(46)40-22-26(40)13-10-8-9-11-18-43(5)38(45)30-20-27(19-29(30)34(44)23-40)49-36-21-33(32-15-12-14-31(41-32)24(2)3)42-37-25(4)35(47-6)17-16-28(36)37/h10,12-17,21,24,26-27,29-30H,7-9,11,18-20,22-23H2,1-6H3/b13-10-/t26-,27-,29-,30-,40-/m1/s1. The molecule has 2 aliphatic carbocycles.